The van der Waals surface area contributed by atoms with E-state index in [9.17, 15) is 0 Å². The molecule has 0 bridgehead atoms. The number of furan rings is 1. The van der Waals surface area contributed by atoms with Gasteiger partial charge in [-0.25, -0.2) is 0 Å². The van der Waals surface area contributed by atoms with Crippen LogP contribution in [0.3, 0.4) is 0 Å². The molecule has 0 aliphatic heterocycles. The van der Waals surface area contributed by atoms with Crippen LogP contribution < -0.4 is 10.4 Å². The predicted octanol–water partition coefficient (Wildman–Crippen LogP) is 11.4. The van der Waals surface area contributed by atoms with Gasteiger partial charge in [-0.05, 0) is 93.3 Å². The fourth-order valence-corrected chi connectivity index (χ4v) is 6.64. The Hall–Kier alpha value is -5.40. The van der Waals surface area contributed by atoms with Crippen LogP contribution in [0, 0.1) is 0 Å². The van der Waals surface area contributed by atoms with E-state index in [1.54, 1.807) is 0 Å². The van der Waals surface area contributed by atoms with Crippen LogP contribution in [0.2, 0.25) is 0 Å². The number of fused-ring (bicyclic) bond motifs is 3. The van der Waals surface area contributed by atoms with Crippen LogP contribution in [0.1, 0.15) is 67.3 Å². The first kappa shape index (κ1) is 31.6. The number of allylic oxidation sites excluding steroid dienone is 7. The van der Waals surface area contributed by atoms with Gasteiger partial charge >= 0.3 is 0 Å². The minimum atomic E-state index is 0.314. The van der Waals surface area contributed by atoms with Gasteiger partial charge in [-0.3, -0.25) is 0 Å². The van der Waals surface area contributed by atoms with Gasteiger partial charge in [0.25, 0.3) is 0 Å². The fraction of sp³-hybridized carbons (Fsp3) is 0.130. The molecule has 0 aliphatic rings. The zero-order chi connectivity index (χ0) is 32.8. The van der Waals surface area contributed by atoms with Crippen LogP contribution >= 0.6 is 0 Å². The largest absolute Gasteiger partial charge is 0.456 e. The Balaban J connectivity index is 1.80. The number of hydrogen-bond acceptors (Lipinski definition) is 1. The van der Waals surface area contributed by atoms with Gasteiger partial charge in [0.15, 0.2) is 0 Å². The van der Waals surface area contributed by atoms with Gasteiger partial charge in [0.05, 0.1) is 0 Å². The first-order valence-electron chi connectivity index (χ1n) is 16.6. The van der Waals surface area contributed by atoms with E-state index in [4.69, 9.17) is 4.42 Å². The smallest absolute Gasteiger partial charge is 0.136 e. The van der Waals surface area contributed by atoms with Crippen molar-refractivity contribution >= 4 is 45.2 Å². The van der Waals surface area contributed by atoms with E-state index in [0.717, 1.165) is 73.1 Å². The van der Waals surface area contributed by atoms with Crippen LogP contribution in [0.15, 0.2) is 157 Å². The molecule has 6 aromatic rings. The quantitative estimate of drug-likeness (QED) is 0.111. The average molecular weight is 611 g/mol. The third-order valence-electron chi connectivity index (χ3n) is 8.94. The molecule has 0 radical (unpaired) electrons. The lowest BCUT2D eigenvalue weighted by atomic mass is 9.81. The molecule has 1 heterocycles. The molecule has 0 saturated carbocycles. The number of benzene rings is 5. The maximum absolute atomic E-state index is 6.55. The van der Waals surface area contributed by atoms with E-state index in [1.807, 2.05) is 12.1 Å². The van der Waals surface area contributed by atoms with Crippen molar-refractivity contribution in [1.29, 1.82) is 0 Å². The summed E-state index contributed by atoms with van der Waals surface area (Å²) in [7, 11) is 0. The van der Waals surface area contributed by atoms with Crippen LogP contribution in [-0.2, 0) is 0 Å². The van der Waals surface area contributed by atoms with Crippen molar-refractivity contribution in [1.82, 2.24) is 0 Å². The molecule has 0 aliphatic carbocycles. The van der Waals surface area contributed by atoms with E-state index in [-0.39, 0.29) is 0 Å². The molecular weight excluding hydrogens is 569 g/mol. The molecule has 0 amide bonds. The lowest BCUT2D eigenvalue weighted by Gasteiger charge is -2.22. The Labute approximate surface area is 278 Å². The summed E-state index contributed by atoms with van der Waals surface area (Å²) >= 11 is 0. The van der Waals surface area contributed by atoms with E-state index in [0.29, 0.717) is 5.92 Å². The summed E-state index contributed by atoms with van der Waals surface area (Å²) in [6.45, 7) is 15.4. The van der Waals surface area contributed by atoms with Gasteiger partial charge < -0.3 is 4.42 Å². The maximum Gasteiger partial charge on any atom is 0.136 e. The monoisotopic (exact) mass is 610 g/mol. The summed E-state index contributed by atoms with van der Waals surface area (Å²) in [5.74, 6) is 0.314. The normalized spacial score (nSPS) is 13.8. The van der Waals surface area contributed by atoms with Crippen LogP contribution in [0.25, 0.3) is 45.2 Å². The van der Waals surface area contributed by atoms with Crippen molar-refractivity contribution < 1.29 is 4.42 Å². The Morgan fingerprint density at radius 2 is 1.49 bits per heavy atom. The second-order valence-electron chi connectivity index (χ2n) is 12.0. The summed E-state index contributed by atoms with van der Waals surface area (Å²) in [5, 5.41) is 4.32. The summed E-state index contributed by atoms with van der Waals surface area (Å²) in [6, 6.07) is 40.7. The van der Waals surface area contributed by atoms with E-state index in [1.165, 1.54) is 16.7 Å². The van der Waals surface area contributed by atoms with Gasteiger partial charge in [0.2, 0.25) is 0 Å². The Morgan fingerprint density at radius 1 is 0.766 bits per heavy atom. The molecule has 0 fully saturated rings. The van der Waals surface area contributed by atoms with Gasteiger partial charge in [0, 0.05) is 16.3 Å². The zero-order valence-electron chi connectivity index (χ0n) is 27.7. The molecule has 0 spiro atoms. The summed E-state index contributed by atoms with van der Waals surface area (Å²) < 4.78 is 6.55. The fourth-order valence-electron chi connectivity index (χ4n) is 6.64. The molecular formula is C46H42O. The van der Waals surface area contributed by atoms with E-state index >= 15 is 0 Å². The highest BCUT2D eigenvalue weighted by Crippen LogP contribution is 2.42. The van der Waals surface area contributed by atoms with Gasteiger partial charge in [-0.1, -0.05) is 154 Å². The topological polar surface area (TPSA) is 13.1 Å². The average Bonchev–Trinajstić information content (AvgIpc) is 3.49. The molecule has 1 unspecified atom stereocenters. The number of rotatable bonds is 10. The van der Waals surface area contributed by atoms with E-state index < -0.39 is 0 Å². The van der Waals surface area contributed by atoms with Gasteiger partial charge in [-0.15, -0.1) is 0 Å². The van der Waals surface area contributed by atoms with E-state index in [2.05, 4.69) is 167 Å². The Morgan fingerprint density at radius 3 is 2.26 bits per heavy atom. The first-order chi connectivity index (χ1) is 23.0. The summed E-state index contributed by atoms with van der Waals surface area (Å²) in [5.41, 5.74) is 11.1. The predicted molar refractivity (Wildman–Crippen MR) is 204 cm³/mol. The molecule has 1 atom stereocenters. The van der Waals surface area contributed by atoms with Crippen LogP contribution in [0.5, 0.6) is 0 Å². The maximum atomic E-state index is 6.55. The van der Waals surface area contributed by atoms with Crippen molar-refractivity contribution in [2.45, 2.75) is 39.5 Å². The molecule has 5 aromatic carbocycles. The Kier molecular flexibility index (Phi) is 9.64. The van der Waals surface area contributed by atoms with Crippen molar-refractivity contribution in [2.24, 2.45) is 0 Å². The highest BCUT2D eigenvalue weighted by atomic mass is 16.3. The molecule has 6 rings (SSSR count). The molecule has 1 heteroatoms. The molecule has 47 heavy (non-hydrogen) atoms. The Bertz CT molecular complexity index is 2260. The van der Waals surface area contributed by atoms with Crippen molar-refractivity contribution in [3.05, 3.63) is 190 Å². The second-order valence-corrected chi connectivity index (χ2v) is 12.0. The highest BCUT2D eigenvalue weighted by Gasteiger charge is 2.24. The van der Waals surface area contributed by atoms with Gasteiger partial charge in [0.1, 0.15) is 11.2 Å². The third-order valence-corrected chi connectivity index (χ3v) is 8.94. The number of hydrogen-bond donors (Lipinski definition) is 0. The minimum absolute atomic E-state index is 0.314. The lowest BCUT2D eigenvalue weighted by molar-refractivity contribution is 0.669. The summed E-state index contributed by atoms with van der Waals surface area (Å²) in [4.78, 5) is 0. The van der Waals surface area contributed by atoms with Crippen molar-refractivity contribution in [3.8, 4) is 0 Å². The SMILES string of the molecule is C=C/C(=C\C(=C/CC)c1ccc2oc3ccccc3c2c1/C(c1ccccc1C(C)C/C=C\C)=c1\ccccc1=C)c1ccccc1. The highest BCUT2D eigenvalue weighted by molar-refractivity contribution is 6.14. The molecule has 1 nitrogen and oxygen atoms in total. The zero-order valence-corrected chi connectivity index (χ0v) is 27.7. The third kappa shape index (κ3) is 6.35. The lowest BCUT2D eigenvalue weighted by Crippen LogP contribution is -2.27. The first-order valence-corrected chi connectivity index (χ1v) is 16.6. The second kappa shape index (κ2) is 14.4. The minimum Gasteiger partial charge on any atom is -0.456 e. The van der Waals surface area contributed by atoms with Crippen LogP contribution in [0.4, 0.5) is 0 Å². The number of para-hydroxylation sites is 1. The van der Waals surface area contributed by atoms with Gasteiger partial charge in [-0.2, -0.15) is 0 Å². The van der Waals surface area contributed by atoms with Crippen molar-refractivity contribution in [3.63, 3.8) is 0 Å². The molecule has 232 valence electrons. The van der Waals surface area contributed by atoms with Crippen LogP contribution in [-0.4, -0.2) is 0 Å². The van der Waals surface area contributed by atoms with Crippen molar-refractivity contribution in [2.75, 3.05) is 0 Å². The summed E-state index contributed by atoms with van der Waals surface area (Å²) in [6.07, 6.45) is 12.8. The molecule has 0 saturated heterocycles. The molecule has 0 N–H and O–H groups in total. The molecule has 1 aromatic heterocycles. The standard InChI is InChI=1S/C46H42O/c1-6-9-20-32(4)37-24-15-16-26-40(37)44(38-25-14-13-21-33(38)5)46-39(29-30-43-45(46)41-27-17-18-28-42(41)47-43)36(19-7-2)31-34(8-3)35-22-11-10-12-23-35/h6,8-19,21-32H,3,5,7,20H2,1-2,4H3/b9-6-,34-31+,36-19+,44-38+.